The Morgan fingerprint density at radius 3 is 2.47 bits per heavy atom. The Kier molecular flexibility index (Phi) is 6.36. The molecule has 5 nitrogen and oxygen atoms in total. The molecule has 0 aliphatic carbocycles. The molecule has 4 rings (SSSR count). The lowest BCUT2D eigenvalue weighted by molar-refractivity contribution is -0.137. The fourth-order valence-electron chi connectivity index (χ4n) is 3.55. The third kappa shape index (κ3) is 4.77. The van der Waals surface area contributed by atoms with Crippen LogP contribution in [-0.2, 0) is 6.18 Å². The molecule has 34 heavy (non-hydrogen) atoms. The summed E-state index contributed by atoms with van der Waals surface area (Å²) in [6.07, 6.45) is -4.87. The lowest BCUT2D eigenvalue weighted by Gasteiger charge is -2.30. The van der Waals surface area contributed by atoms with Crippen LogP contribution in [0.2, 0.25) is 5.02 Å². The van der Waals surface area contributed by atoms with Crippen molar-refractivity contribution in [2.24, 2.45) is 0 Å². The number of amides is 2. The third-order valence-corrected chi connectivity index (χ3v) is 5.81. The molecule has 0 radical (unpaired) electrons. The highest BCUT2D eigenvalue weighted by Crippen LogP contribution is 2.39. The first-order chi connectivity index (χ1) is 15.9. The quantitative estimate of drug-likeness (QED) is 0.345. The second kappa shape index (κ2) is 8.97. The predicted octanol–water partition coefficient (Wildman–Crippen LogP) is 5.99. The van der Waals surface area contributed by atoms with Gasteiger partial charge in [0.1, 0.15) is 11.6 Å². The monoisotopic (exact) mass is 559 g/mol. The highest BCUT2D eigenvalue weighted by atomic mass is 79.9. The van der Waals surface area contributed by atoms with Crippen LogP contribution in [0.5, 0.6) is 0 Å². The molecular formula is C22H12BrClF5N3O2. The van der Waals surface area contributed by atoms with Crippen LogP contribution in [-0.4, -0.2) is 11.8 Å². The SMILES string of the molecule is O=C(Nc1cc(Br)cc2c1C(c1cc(F)ccc1Cl)NNC2=O)c1cc(F)cc(C(F)(F)F)c1. The minimum Gasteiger partial charge on any atom is -0.322 e. The molecule has 12 heteroatoms. The van der Waals surface area contributed by atoms with E-state index in [0.717, 1.165) is 12.1 Å². The highest BCUT2D eigenvalue weighted by molar-refractivity contribution is 9.10. The fourth-order valence-corrected chi connectivity index (χ4v) is 4.23. The van der Waals surface area contributed by atoms with Crippen molar-refractivity contribution in [2.45, 2.75) is 12.2 Å². The molecular weight excluding hydrogens is 549 g/mol. The first-order valence-electron chi connectivity index (χ1n) is 9.47. The standard InChI is InChI=1S/C22H12BrClF5N3O2/c23-11-6-15-18(19(31-32-21(15)34)14-8-12(25)1-2-16(14)24)17(7-11)30-20(33)9-3-10(22(27,28)29)5-13(26)4-9/h1-8,19,31H,(H,30,33)(H,32,34). The van der Waals surface area contributed by atoms with E-state index in [4.69, 9.17) is 11.6 Å². The van der Waals surface area contributed by atoms with E-state index in [0.29, 0.717) is 16.6 Å². The molecule has 0 saturated carbocycles. The maximum Gasteiger partial charge on any atom is 0.416 e. The van der Waals surface area contributed by atoms with E-state index in [1.807, 2.05) is 0 Å². The number of alkyl halides is 3. The Hall–Kier alpha value is -3.02. The van der Waals surface area contributed by atoms with Crippen LogP contribution in [0.3, 0.4) is 0 Å². The summed E-state index contributed by atoms with van der Waals surface area (Å²) in [5, 5.41) is 2.58. The number of hydrogen-bond acceptors (Lipinski definition) is 3. The summed E-state index contributed by atoms with van der Waals surface area (Å²) in [5.41, 5.74) is 3.71. The summed E-state index contributed by atoms with van der Waals surface area (Å²) in [5.74, 6) is -3.50. The lowest BCUT2D eigenvalue weighted by Crippen LogP contribution is -2.46. The van der Waals surface area contributed by atoms with Crippen LogP contribution >= 0.6 is 27.5 Å². The molecule has 2 amide bonds. The van der Waals surface area contributed by atoms with E-state index in [1.165, 1.54) is 18.2 Å². The van der Waals surface area contributed by atoms with Gasteiger partial charge in [-0.25, -0.2) is 14.2 Å². The van der Waals surface area contributed by atoms with Gasteiger partial charge in [0.15, 0.2) is 0 Å². The van der Waals surface area contributed by atoms with Gasteiger partial charge in [0.25, 0.3) is 11.8 Å². The molecule has 3 aromatic rings. The van der Waals surface area contributed by atoms with Gasteiger partial charge in [-0.2, -0.15) is 13.2 Å². The second-order valence-corrected chi connectivity index (χ2v) is 8.62. The smallest absolute Gasteiger partial charge is 0.322 e. The summed E-state index contributed by atoms with van der Waals surface area (Å²) in [4.78, 5) is 25.3. The zero-order chi connectivity index (χ0) is 24.8. The molecule has 1 heterocycles. The fraction of sp³-hybridized carbons (Fsp3) is 0.0909. The first-order valence-corrected chi connectivity index (χ1v) is 10.6. The summed E-state index contributed by atoms with van der Waals surface area (Å²) in [6.45, 7) is 0. The zero-order valence-corrected chi connectivity index (χ0v) is 19.0. The molecule has 0 bridgehead atoms. The van der Waals surface area contributed by atoms with Gasteiger partial charge >= 0.3 is 6.18 Å². The topological polar surface area (TPSA) is 70.2 Å². The van der Waals surface area contributed by atoms with Gasteiger partial charge in [0.05, 0.1) is 11.6 Å². The Balaban J connectivity index is 1.81. The van der Waals surface area contributed by atoms with E-state index in [-0.39, 0.29) is 33.5 Å². The van der Waals surface area contributed by atoms with E-state index >= 15 is 0 Å². The van der Waals surface area contributed by atoms with E-state index < -0.39 is 46.8 Å². The van der Waals surface area contributed by atoms with Gasteiger partial charge in [-0.1, -0.05) is 27.5 Å². The second-order valence-electron chi connectivity index (χ2n) is 7.29. The number of hydrogen-bond donors (Lipinski definition) is 3. The number of fused-ring (bicyclic) bond motifs is 1. The first kappa shape index (κ1) is 24.1. The minimum atomic E-state index is -4.87. The van der Waals surface area contributed by atoms with Crippen molar-refractivity contribution >= 4 is 45.0 Å². The van der Waals surface area contributed by atoms with Crippen molar-refractivity contribution in [3.05, 3.63) is 97.5 Å². The van der Waals surface area contributed by atoms with Crippen LogP contribution in [0.25, 0.3) is 0 Å². The minimum absolute atomic E-state index is 0.0138. The highest BCUT2D eigenvalue weighted by Gasteiger charge is 2.34. The number of halogens is 7. The molecule has 1 unspecified atom stereocenters. The number of rotatable bonds is 3. The molecule has 176 valence electrons. The van der Waals surface area contributed by atoms with Gasteiger partial charge in [-0.3, -0.25) is 15.0 Å². The van der Waals surface area contributed by atoms with Crippen molar-refractivity contribution in [3.63, 3.8) is 0 Å². The van der Waals surface area contributed by atoms with Gasteiger partial charge < -0.3 is 5.32 Å². The van der Waals surface area contributed by atoms with Gasteiger partial charge in [-0.15, -0.1) is 0 Å². The Labute approximate surface area is 202 Å². The molecule has 0 aromatic heterocycles. The van der Waals surface area contributed by atoms with E-state index in [1.54, 1.807) is 0 Å². The Morgan fingerprint density at radius 2 is 1.76 bits per heavy atom. The molecule has 3 aromatic carbocycles. The maximum absolute atomic E-state index is 13.9. The van der Waals surface area contributed by atoms with Crippen LogP contribution in [0.4, 0.5) is 27.6 Å². The average molecular weight is 561 g/mol. The molecule has 0 saturated heterocycles. The molecule has 1 aliphatic heterocycles. The van der Waals surface area contributed by atoms with E-state index in [2.05, 4.69) is 32.1 Å². The van der Waals surface area contributed by atoms with Crippen LogP contribution in [0, 0.1) is 11.6 Å². The molecule has 3 N–H and O–H groups in total. The van der Waals surface area contributed by atoms with Crippen LogP contribution in [0.15, 0.2) is 53.0 Å². The van der Waals surface area contributed by atoms with Crippen molar-refractivity contribution in [2.75, 3.05) is 5.32 Å². The van der Waals surface area contributed by atoms with Crippen molar-refractivity contribution in [1.29, 1.82) is 0 Å². The molecule has 1 aliphatic rings. The van der Waals surface area contributed by atoms with Crippen molar-refractivity contribution in [1.82, 2.24) is 10.9 Å². The van der Waals surface area contributed by atoms with Gasteiger partial charge in [0.2, 0.25) is 0 Å². The summed E-state index contributed by atoms with van der Waals surface area (Å²) in [7, 11) is 0. The normalized spacial score (nSPS) is 15.5. The zero-order valence-electron chi connectivity index (χ0n) is 16.7. The van der Waals surface area contributed by atoms with Gasteiger partial charge in [0, 0.05) is 31.9 Å². The molecule has 0 spiro atoms. The number of anilines is 1. The molecule has 1 atom stereocenters. The number of hydrazine groups is 1. The van der Waals surface area contributed by atoms with Crippen molar-refractivity contribution < 1.29 is 31.5 Å². The largest absolute Gasteiger partial charge is 0.416 e. The summed E-state index contributed by atoms with van der Waals surface area (Å²) in [6, 6.07) is 6.94. The Bertz CT molecular complexity index is 1330. The number of benzene rings is 3. The van der Waals surface area contributed by atoms with Crippen LogP contribution < -0.4 is 16.2 Å². The Morgan fingerprint density at radius 1 is 1.03 bits per heavy atom. The van der Waals surface area contributed by atoms with Crippen molar-refractivity contribution in [3.8, 4) is 0 Å². The number of carbonyl (C=O) groups is 2. The maximum atomic E-state index is 13.9. The lowest BCUT2D eigenvalue weighted by atomic mass is 9.91. The predicted molar refractivity (Wildman–Crippen MR) is 117 cm³/mol. The molecule has 0 fully saturated rings. The summed E-state index contributed by atoms with van der Waals surface area (Å²) >= 11 is 9.45. The number of carbonyl (C=O) groups excluding carboxylic acids is 2. The van der Waals surface area contributed by atoms with Crippen LogP contribution in [0.1, 0.15) is 43.4 Å². The average Bonchev–Trinajstić information content (AvgIpc) is 2.75. The van der Waals surface area contributed by atoms with Gasteiger partial charge in [-0.05, 0) is 54.1 Å². The third-order valence-electron chi connectivity index (χ3n) is 5.01. The number of nitrogens with one attached hydrogen (secondary N) is 3. The summed E-state index contributed by atoms with van der Waals surface area (Å²) < 4.78 is 67.3. The van der Waals surface area contributed by atoms with E-state index in [9.17, 15) is 31.5 Å².